The molecule has 0 spiro atoms. The number of amidine groups is 4. The number of aliphatic hydroxyl groups excluding tert-OH is 6. The lowest BCUT2D eigenvalue weighted by molar-refractivity contribution is -0.168. The lowest BCUT2D eigenvalue weighted by atomic mass is 9.91. The number of ether oxygens (including phenoxy) is 7. The lowest BCUT2D eigenvalue weighted by Gasteiger charge is -2.32. The van der Waals surface area contributed by atoms with Crippen LogP contribution in [-0.4, -0.2) is 240 Å². The van der Waals surface area contributed by atoms with Crippen LogP contribution in [0, 0.1) is 11.8 Å². The molecule has 0 aromatic rings. The van der Waals surface area contributed by atoms with E-state index >= 15 is 8.78 Å². The molecule has 28 nitrogen and oxygen atoms in total. The van der Waals surface area contributed by atoms with Gasteiger partial charge in [0, 0.05) is 38.3 Å². The Hall–Kier alpha value is -6.24. The van der Waals surface area contributed by atoms with E-state index in [1.807, 2.05) is 0 Å². The molecule has 1 unspecified atom stereocenters. The fraction of sp³-hybridized carbons (Fsp3) is 0.633. The summed E-state index contributed by atoms with van der Waals surface area (Å²) in [7, 11) is 1.37. The summed E-state index contributed by atoms with van der Waals surface area (Å²) in [5, 5.41) is 58.8. The summed E-state index contributed by atoms with van der Waals surface area (Å²) in [6.07, 6.45) is 1.10. The first kappa shape index (κ1) is 76.8. The van der Waals surface area contributed by atoms with Crippen molar-refractivity contribution in [3.8, 4) is 0 Å². The van der Waals surface area contributed by atoms with Crippen molar-refractivity contribution in [2.45, 2.75) is 175 Å². The van der Waals surface area contributed by atoms with Gasteiger partial charge < -0.3 is 112 Å². The number of carbonyl (C=O) groups excluding carboxylic acids is 2. The minimum atomic E-state index is -1.83. The monoisotopic (exact) mass is 1380 g/mol. The second-order valence-electron chi connectivity index (χ2n) is 23.9. The highest BCUT2D eigenvalue weighted by Crippen LogP contribution is 2.51. The molecule has 526 valence electrons. The Morgan fingerprint density at radius 2 is 0.979 bits per heavy atom. The first-order valence-corrected chi connectivity index (χ1v) is 31.4. The number of esters is 2. The number of halogens is 6. The number of methoxy groups -OCH3 is 1. The second kappa shape index (κ2) is 33.1. The highest BCUT2D eigenvalue weighted by Gasteiger charge is 2.64. The molecule has 8 aliphatic heterocycles. The van der Waals surface area contributed by atoms with Crippen molar-refractivity contribution in [1.82, 2.24) is 19.6 Å². The van der Waals surface area contributed by atoms with Gasteiger partial charge in [0.15, 0.2) is 61.8 Å². The van der Waals surface area contributed by atoms with Gasteiger partial charge in [-0.3, -0.25) is 9.59 Å². The molecule has 0 radical (unpaired) electrons. The van der Waals surface area contributed by atoms with Crippen LogP contribution in [0.4, 0.5) is 17.6 Å². The Morgan fingerprint density at radius 1 is 0.606 bits per heavy atom. The van der Waals surface area contributed by atoms with Gasteiger partial charge >= 0.3 is 11.9 Å². The number of nitrogens with two attached hydrogens (primary N) is 5. The second-order valence-corrected chi connectivity index (χ2v) is 24.4. The van der Waals surface area contributed by atoms with E-state index in [9.17, 15) is 49.0 Å². The number of nitrogens with zero attached hydrogens (tertiary/aromatic N) is 8. The molecule has 1 aliphatic carbocycles. The van der Waals surface area contributed by atoms with Gasteiger partial charge in [0.05, 0.1) is 44.8 Å². The van der Waals surface area contributed by atoms with E-state index in [0.29, 0.717) is 6.42 Å². The molecular formula is C60H89Cl2F4N13O15. The quantitative estimate of drug-likeness (QED) is 0.0300. The molecule has 1 saturated carbocycles. The Labute approximate surface area is 552 Å². The molecule has 9 rings (SSSR count). The van der Waals surface area contributed by atoms with Crippen LogP contribution in [0.5, 0.6) is 0 Å². The summed E-state index contributed by atoms with van der Waals surface area (Å²) in [5.41, 5.74) is 22.1. The number of hydrogen-bond donors (Lipinski definition) is 11. The van der Waals surface area contributed by atoms with Gasteiger partial charge in [-0.25, -0.2) is 37.5 Å². The van der Waals surface area contributed by atoms with Crippen LogP contribution in [0.25, 0.3) is 0 Å². The number of rotatable bonds is 23. The van der Waals surface area contributed by atoms with E-state index in [0.717, 1.165) is 38.5 Å². The van der Waals surface area contributed by atoms with Crippen molar-refractivity contribution in [2.75, 3.05) is 51.9 Å². The van der Waals surface area contributed by atoms with Crippen molar-refractivity contribution >= 4 is 58.5 Å². The Bertz CT molecular complexity index is 2960. The van der Waals surface area contributed by atoms with Crippen LogP contribution >= 0.6 is 23.2 Å². The molecule has 9 aliphatic rings. The molecule has 0 amide bonds. The molecule has 34 heteroatoms. The molecule has 8 heterocycles. The van der Waals surface area contributed by atoms with Gasteiger partial charge in [-0.2, -0.15) is 0 Å². The van der Waals surface area contributed by atoms with Crippen LogP contribution in [0.1, 0.15) is 72.1 Å². The molecule has 4 saturated heterocycles. The summed E-state index contributed by atoms with van der Waals surface area (Å²) in [5.74, 6) is -0.394. The highest BCUT2D eigenvalue weighted by atomic mass is 35.5. The maximum absolute atomic E-state index is 15.3. The van der Waals surface area contributed by atoms with Gasteiger partial charge in [-0.05, 0) is 55.4 Å². The fourth-order valence-corrected chi connectivity index (χ4v) is 11.7. The molecule has 0 aromatic carbocycles. The van der Waals surface area contributed by atoms with Crippen molar-refractivity contribution in [3.05, 3.63) is 98.7 Å². The summed E-state index contributed by atoms with van der Waals surface area (Å²) in [6.45, 7) is 18.0. The molecule has 5 fully saturated rings. The number of aliphatic hydroxyl groups is 6. The van der Waals surface area contributed by atoms with E-state index in [1.54, 1.807) is 13.8 Å². The minimum Gasteiger partial charge on any atom is -0.456 e. The van der Waals surface area contributed by atoms with Gasteiger partial charge in [-0.15, -0.1) is 23.2 Å². The Morgan fingerprint density at radius 3 is 1.33 bits per heavy atom. The molecule has 94 heavy (non-hydrogen) atoms. The van der Waals surface area contributed by atoms with Crippen molar-refractivity contribution in [1.29, 1.82) is 0 Å². The SMILES string of the molecule is C=C1N=C(N)C=CN1[C@@H]1O[C@@](CO)(C2CC2)[C@@H](O)[C@H]1F.C=C1N=C(N)C=CN1[C@@H]1O[C@@](CO)(CCl)[C@@H](OC(=O)C(N)C(C)C)[C@H]1F.C=C1N=C(N)C=CN1[C@@H]1O[C@@](CO)(CCl)[C@@H](OC(=O)CCCCCCC)[C@H]1F.C=C1N=C(N)C=CN1[C@@H]1O[C@@](CO)(COC)[C@@H](O)[C@H]1F. The zero-order valence-corrected chi connectivity index (χ0v) is 54.3. The average molecular weight is 1380 g/mol. The smallest absolute Gasteiger partial charge is 0.323 e. The highest BCUT2D eigenvalue weighted by molar-refractivity contribution is 6.19. The number of carbonyl (C=O) groups is 2. The first-order valence-electron chi connectivity index (χ1n) is 30.3. The minimum absolute atomic E-state index is 0.0126. The van der Waals surface area contributed by atoms with E-state index in [-0.39, 0.29) is 83.2 Å². The maximum Gasteiger partial charge on any atom is 0.323 e. The zero-order valence-electron chi connectivity index (χ0n) is 52.8. The van der Waals surface area contributed by atoms with Gasteiger partial charge in [0.1, 0.15) is 87.3 Å². The molecule has 16 N–H and O–H groups in total. The lowest BCUT2D eigenvalue weighted by Crippen LogP contribution is -2.52. The number of alkyl halides is 6. The molecule has 0 aromatic heterocycles. The predicted octanol–water partition coefficient (Wildman–Crippen LogP) is 1.70. The van der Waals surface area contributed by atoms with Crippen LogP contribution in [0.2, 0.25) is 0 Å². The normalized spacial score (nSPS) is 34.7. The topological polar surface area (TPSA) is 413 Å². The summed E-state index contributed by atoms with van der Waals surface area (Å²) < 4.78 is 97.4. The van der Waals surface area contributed by atoms with Crippen LogP contribution in [0.15, 0.2) is 119 Å². The van der Waals surface area contributed by atoms with E-state index < -0.39 is 141 Å². The predicted molar refractivity (Wildman–Crippen MR) is 339 cm³/mol. The van der Waals surface area contributed by atoms with Gasteiger partial charge in [-0.1, -0.05) is 72.8 Å². The number of hydrogen-bond acceptors (Lipinski definition) is 28. The third-order valence-corrected chi connectivity index (χ3v) is 17.7. The molecular weight excluding hydrogens is 1290 g/mol. The summed E-state index contributed by atoms with van der Waals surface area (Å²) >= 11 is 11.9. The van der Waals surface area contributed by atoms with Gasteiger partial charge in [0.25, 0.3) is 0 Å². The van der Waals surface area contributed by atoms with E-state index in [4.69, 9.17) is 85.0 Å². The Balaban J connectivity index is 0.000000200. The van der Waals surface area contributed by atoms with Crippen molar-refractivity contribution in [3.63, 3.8) is 0 Å². The van der Waals surface area contributed by atoms with Crippen LogP contribution in [-0.2, 0) is 42.7 Å². The molecule has 0 bridgehead atoms. The van der Waals surface area contributed by atoms with E-state index in [1.165, 1.54) is 75.8 Å². The Kier molecular flexibility index (Phi) is 27.1. The largest absolute Gasteiger partial charge is 0.456 e. The summed E-state index contributed by atoms with van der Waals surface area (Å²) in [4.78, 5) is 45.6. The van der Waals surface area contributed by atoms with Crippen LogP contribution < -0.4 is 28.7 Å². The zero-order chi connectivity index (χ0) is 69.8. The number of unbranched alkanes of at least 4 members (excludes halogenated alkanes) is 4. The first-order chi connectivity index (χ1) is 44.5. The maximum atomic E-state index is 15.3. The third kappa shape index (κ3) is 16.8. The van der Waals surface area contributed by atoms with Crippen LogP contribution in [0.3, 0.4) is 0 Å². The summed E-state index contributed by atoms with van der Waals surface area (Å²) in [6, 6.07) is -0.942. The van der Waals surface area contributed by atoms with Crippen molar-refractivity contribution < 1.29 is 90.9 Å². The fourth-order valence-electron chi connectivity index (χ4n) is 11.1. The average Bonchev–Trinajstić information content (AvgIpc) is 1.61. The van der Waals surface area contributed by atoms with Gasteiger partial charge in [0.2, 0.25) is 0 Å². The number of aliphatic imine (C=N–C) groups is 4. The van der Waals surface area contributed by atoms with Crippen molar-refractivity contribution in [2.24, 2.45) is 60.5 Å². The third-order valence-electron chi connectivity index (χ3n) is 16.8. The van der Waals surface area contributed by atoms with E-state index in [2.05, 4.69) is 53.2 Å². The molecule has 17 atom stereocenters. The standard InChI is InChI=1S/C19H29ClFN3O4.C16H24ClFN4O4.C13H18FN3O3.C12H18FN3O4/c1-3-4-5-6-7-8-15(26)27-17-16(21)18(28-19(17,11-20)12-25)24-10-9-14(22)23-13(24)2;1-8(2)12(20)15(24)25-13-11(18)14(26-16(13,6-17)7-23)22-5-4-10(19)21-9(22)3;1-7-16-9(15)4-5-17(7)12-10(14)11(19)13(6-18,20-12)8-2-3-8;1-7-15-8(14)3-4-16(7)11-9(13)10(18)12(5-17,20-11)6-19-2/h9-10,16-18,25H,2-8,11-12H2,1H3,(H2,22,23);4-5,8,11-14,23H,3,6-7,20H2,1-2H3,(H2,19,21);4-5,8,10-12,18-19H,1-3,6H2,(H2,15,16);3-4,9-11,17-18H,1,5-6H2,2H3,(H2,14,15)/t16-,17+,18-,19-;11-,12?,13+,14-,16-;10-,11+,12-,13+;9-,10+,11-,12+/m1111/s1.